The van der Waals surface area contributed by atoms with Crippen molar-refractivity contribution in [3.8, 4) is 11.5 Å². The predicted molar refractivity (Wildman–Crippen MR) is 122 cm³/mol. The zero-order chi connectivity index (χ0) is 22.0. The van der Waals surface area contributed by atoms with E-state index in [-0.39, 0.29) is 11.7 Å². The molecule has 2 N–H and O–H groups in total. The fourth-order valence-corrected chi connectivity index (χ4v) is 3.73. The summed E-state index contributed by atoms with van der Waals surface area (Å²) in [5, 5.41) is 13.7. The van der Waals surface area contributed by atoms with Gasteiger partial charge < -0.3 is 14.7 Å². The summed E-state index contributed by atoms with van der Waals surface area (Å²) >= 11 is 0. The number of amides is 1. The SMILES string of the molecule is COc1cc(/C=N\NC(=O)c2cccc(N3Cc4cc(C)c(C)cc4C3)c2)ccc1O. The van der Waals surface area contributed by atoms with E-state index in [1.54, 1.807) is 18.2 Å². The van der Waals surface area contributed by atoms with Crippen LogP contribution in [0.4, 0.5) is 5.69 Å². The number of carbonyl (C=O) groups is 1. The van der Waals surface area contributed by atoms with Crippen LogP contribution in [0.5, 0.6) is 11.5 Å². The number of ether oxygens (including phenoxy) is 1. The van der Waals surface area contributed by atoms with Crippen LogP contribution in [-0.4, -0.2) is 24.3 Å². The van der Waals surface area contributed by atoms with E-state index < -0.39 is 0 Å². The highest BCUT2D eigenvalue weighted by Crippen LogP contribution is 2.30. The van der Waals surface area contributed by atoms with Crippen LogP contribution in [0.15, 0.2) is 59.7 Å². The summed E-state index contributed by atoms with van der Waals surface area (Å²) in [5.41, 5.74) is 10.1. The number of rotatable bonds is 5. The molecule has 0 radical (unpaired) electrons. The van der Waals surface area contributed by atoms with Crippen molar-refractivity contribution < 1.29 is 14.6 Å². The summed E-state index contributed by atoms with van der Waals surface area (Å²) in [6.45, 7) is 5.95. The van der Waals surface area contributed by atoms with Gasteiger partial charge in [-0.3, -0.25) is 4.79 Å². The number of methoxy groups -OCH3 is 1. The second-order valence-electron chi connectivity index (χ2n) is 7.74. The average molecular weight is 415 g/mol. The van der Waals surface area contributed by atoms with Crippen LogP contribution in [0.2, 0.25) is 0 Å². The Labute approximate surface area is 181 Å². The van der Waals surface area contributed by atoms with E-state index in [0.29, 0.717) is 16.9 Å². The van der Waals surface area contributed by atoms with Gasteiger partial charge in [0.25, 0.3) is 5.91 Å². The lowest BCUT2D eigenvalue weighted by atomic mass is 10.0. The van der Waals surface area contributed by atoms with Gasteiger partial charge >= 0.3 is 0 Å². The number of fused-ring (bicyclic) bond motifs is 1. The molecule has 4 rings (SSSR count). The highest BCUT2D eigenvalue weighted by molar-refractivity contribution is 5.95. The number of benzene rings is 3. The van der Waals surface area contributed by atoms with E-state index in [2.05, 4.69) is 41.4 Å². The van der Waals surface area contributed by atoms with E-state index in [9.17, 15) is 9.90 Å². The molecule has 0 saturated carbocycles. The third-order valence-corrected chi connectivity index (χ3v) is 5.60. The van der Waals surface area contributed by atoms with Crippen molar-refractivity contribution in [1.82, 2.24) is 5.43 Å². The van der Waals surface area contributed by atoms with Gasteiger partial charge in [0.15, 0.2) is 11.5 Å². The molecule has 158 valence electrons. The molecule has 3 aromatic rings. The normalized spacial score (nSPS) is 12.8. The number of aromatic hydroxyl groups is 1. The first kappa shape index (κ1) is 20.5. The number of anilines is 1. The molecule has 0 aliphatic carbocycles. The van der Waals surface area contributed by atoms with Crippen LogP contribution in [0.1, 0.15) is 38.2 Å². The molecule has 1 aliphatic heterocycles. The number of hydrogen-bond acceptors (Lipinski definition) is 5. The third kappa shape index (κ3) is 4.38. The van der Waals surface area contributed by atoms with Gasteiger partial charge in [0, 0.05) is 24.3 Å². The second kappa shape index (κ2) is 8.52. The molecule has 1 amide bonds. The number of nitrogens with one attached hydrogen (secondary N) is 1. The maximum absolute atomic E-state index is 12.6. The Morgan fingerprint density at radius 2 is 1.77 bits per heavy atom. The smallest absolute Gasteiger partial charge is 0.271 e. The minimum absolute atomic E-state index is 0.0508. The van der Waals surface area contributed by atoms with Gasteiger partial charge in [0.05, 0.1) is 13.3 Å². The second-order valence-corrected chi connectivity index (χ2v) is 7.74. The van der Waals surface area contributed by atoms with E-state index in [1.165, 1.54) is 41.6 Å². The molecule has 0 saturated heterocycles. The monoisotopic (exact) mass is 415 g/mol. The van der Waals surface area contributed by atoms with Crippen molar-refractivity contribution in [2.75, 3.05) is 12.0 Å². The number of carbonyl (C=O) groups excluding carboxylic acids is 1. The molecule has 3 aromatic carbocycles. The van der Waals surface area contributed by atoms with Crippen LogP contribution < -0.4 is 15.1 Å². The van der Waals surface area contributed by atoms with E-state index in [4.69, 9.17) is 4.74 Å². The first-order valence-electron chi connectivity index (χ1n) is 10.1. The molecule has 0 aromatic heterocycles. The Bertz CT molecular complexity index is 1140. The van der Waals surface area contributed by atoms with E-state index in [0.717, 1.165) is 18.8 Å². The van der Waals surface area contributed by atoms with Crippen molar-refractivity contribution in [1.29, 1.82) is 0 Å². The van der Waals surface area contributed by atoms with Gasteiger partial charge in [-0.05, 0) is 78.1 Å². The summed E-state index contributed by atoms with van der Waals surface area (Å²) < 4.78 is 5.08. The molecule has 0 atom stereocenters. The van der Waals surface area contributed by atoms with Gasteiger partial charge in [-0.15, -0.1) is 0 Å². The molecule has 0 bridgehead atoms. The lowest BCUT2D eigenvalue weighted by molar-refractivity contribution is 0.0955. The van der Waals surface area contributed by atoms with Crippen molar-refractivity contribution in [3.05, 3.63) is 88.0 Å². The van der Waals surface area contributed by atoms with Gasteiger partial charge in [-0.1, -0.05) is 18.2 Å². The van der Waals surface area contributed by atoms with Crippen LogP contribution >= 0.6 is 0 Å². The molecule has 31 heavy (non-hydrogen) atoms. The molecule has 1 heterocycles. The molecular formula is C25H25N3O3. The van der Waals surface area contributed by atoms with Gasteiger partial charge in [-0.2, -0.15) is 5.10 Å². The fourth-order valence-electron chi connectivity index (χ4n) is 3.73. The first-order valence-corrected chi connectivity index (χ1v) is 10.1. The Morgan fingerprint density at radius 3 is 2.45 bits per heavy atom. The summed E-state index contributed by atoms with van der Waals surface area (Å²) in [4.78, 5) is 14.8. The number of hydrazone groups is 1. The Morgan fingerprint density at radius 1 is 1.06 bits per heavy atom. The van der Waals surface area contributed by atoms with Crippen molar-refractivity contribution >= 4 is 17.8 Å². The summed E-state index contributed by atoms with van der Waals surface area (Å²) in [5.74, 6) is 0.113. The molecule has 0 fully saturated rings. The van der Waals surface area contributed by atoms with Crippen molar-refractivity contribution in [2.45, 2.75) is 26.9 Å². The standard InChI is InChI=1S/C25H25N3O3/c1-16-9-20-14-28(15-21(20)10-17(16)2)22-6-4-5-19(12-22)25(30)27-26-13-18-7-8-23(29)24(11-18)31-3/h4-13,29H,14-15H2,1-3H3,(H,27,30)/b26-13-. The average Bonchev–Trinajstić information content (AvgIpc) is 3.18. The molecule has 6 nitrogen and oxygen atoms in total. The zero-order valence-corrected chi connectivity index (χ0v) is 17.8. The summed E-state index contributed by atoms with van der Waals surface area (Å²) in [6.07, 6.45) is 1.51. The quantitative estimate of drug-likeness (QED) is 0.481. The topological polar surface area (TPSA) is 74.2 Å². The number of phenols is 1. The maximum Gasteiger partial charge on any atom is 0.271 e. The van der Waals surface area contributed by atoms with E-state index >= 15 is 0 Å². The largest absolute Gasteiger partial charge is 0.504 e. The number of hydrogen-bond donors (Lipinski definition) is 2. The van der Waals surface area contributed by atoms with Crippen LogP contribution in [0.3, 0.4) is 0 Å². The highest BCUT2D eigenvalue weighted by atomic mass is 16.5. The Balaban J connectivity index is 1.44. The molecular weight excluding hydrogens is 390 g/mol. The molecule has 6 heteroatoms. The van der Waals surface area contributed by atoms with Crippen molar-refractivity contribution in [2.24, 2.45) is 5.10 Å². The Kier molecular flexibility index (Phi) is 5.62. The molecule has 0 unspecified atom stereocenters. The Hall–Kier alpha value is -3.80. The van der Waals surface area contributed by atoms with Crippen LogP contribution in [0.25, 0.3) is 0 Å². The van der Waals surface area contributed by atoms with Crippen LogP contribution in [-0.2, 0) is 13.1 Å². The lowest BCUT2D eigenvalue weighted by Crippen LogP contribution is -2.19. The number of aryl methyl sites for hydroxylation is 2. The third-order valence-electron chi connectivity index (χ3n) is 5.60. The lowest BCUT2D eigenvalue weighted by Gasteiger charge is -2.18. The molecule has 0 spiro atoms. The van der Waals surface area contributed by atoms with E-state index in [1.807, 2.05) is 18.2 Å². The summed E-state index contributed by atoms with van der Waals surface area (Å²) in [6, 6.07) is 16.9. The van der Waals surface area contributed by atoms with Gasteiger partial charge in [-0.25, -0.2) is 5.43 Å². The zero-order valence-electron chi connectivity index (χ0n) is 17.8. The predicted octanol–water partition coefficient (Wildman–Crippen LogP) is 4.30. The number of nitrogens with zero attached hydrogens (tertiary/aromatic N) is 2. The summed E-state index contributed by atoms with van der Waals surface area (Å²) in [7, 11) is 1.48. The maximum atomic E-state index is 12.6. The number of phenolic OH excluding ortho intramolecular Hbond substituents is 1. The van der Waals surface area contributed by atoms with Crippen molar-refractivity contribution in [3.63, 3.8) is 0 Å². The fraction of sp³-hybridized carbons (Fsp3) is 0.200. The van der Waals surface area contributed by atoms with Crippen LogP contribution in [0, 0.1) is 13.8 Å². The van der Waals surface area contributed by atoms with Gasteiger partial charge in [0.2, 0.25) is 0 Å². The minimum Gasteiger partial charge on any atom is -0.504 e. The minimum atomic E-state index is -0.285. The van der Waals surface area contributed by atoms with Gasteiger partial charge in [0.1, 0.15) is 0 Å². The first-order chi connectivity index (χ1) is 14.9. The highest BCUT2D eigenvalue weighted by Gasteiger charge is 2.20. The molecule has 1 aliphatic rings.